The van der Waals surface area contributed by atoms with Crippen LogP contribution in [0.15, 0.2) is 30.5 Å². The first kappa shape index (κ1) is 15.6. The zero-order valence-corrected chi connectivity index (χ0v) is 14.0. The number of anilines is 1. The molecule has 1 atom stereocenters. The summed E-state index contributed by atoms with van der Waals surface area (Å²) < 4.78 is 0. The number of nitrogens with one attached hydrogen (secondary N) is 1. The Labute approximate surface area is 137 Å². The van der Waals surface area contributed by atoms with Crippen molar-refractivity contribution in [1.29, 1.82) is 0 Å². The lowest BCUT2D eigenvalue weighted by molar-refractivity contribution is 0.0673. The van der Waals surface area contributed by atoms with Crippen LogP contribution in [0, 0.1) is 6.92 Å². The number of hydrogen-bond acceptors (Lipinski definition) is 3. The number of para-hydroxylation sites is 1. The zero-order valence-electron chi connectivity index (χ0n) is 14.0. The molecule has 1 N–H and O–H groups in total. The fourth-order valence-electron chi connectivity index (χ4n) is 3.32. The quantitative estimate of drug-likeness (QED) is 0.948. The molecule has 3 rings (SSSR count). The lowest BCUT2D eigenvalue weighted by Crippen LogP contribution is -2.54. The minimum Gasteiger partial charge on any atom is -0.367 e. The van der Waals surface area contributed by atoms with Gasteiger partial charge in [0.05, 0.1) is 11.8 Å². The lowest BCUT2D eigenvalue weighted by atomic mass is 10.1. The van der Waals surface area contributed by atoms with Gasteiger partial charge in [0, 0.05) is 37.1 Å². The van der Waals surface area contributed by atoms with Gasteiger partial charge in [0.2, 0.25) is 0 Å². The van der Waals surface area contributed by atoms with E-state index in [4.69, 9.17) is 0 Å². The number of amides is 1. The first-order chi connectivity index (χ1) is 11.1. The molecule has 23 heavy (non-hydrogen) atoms. The van der Waals surface area contributed by atoms with E-state index in [1.165, 1.54) is 11.3 Å². The van der Waals surface area contributed by atoms with Crippen LogP contribution in [0.25, 0.3) is 0 Å². The van der Waals surface area contributed by atoms with Crippen molar-refractivity contribution in [3.05, 3.63) is 47.3 Å². The van der Waals surface area contributed by atoms with E-state index >= 15 is 0 Å². The van der Waals surface area contributed by atoms with Crippen molar-refractivity contribution in [2.75, 3.05) is 24.5 Å². The molecule has 122 valence electrons. The average molecular weight is 312 g/mol. The predicted octanol–water partition coefficient (Wildman–Crippen LogP) is 2.63. The Kier molecular flexibility index (Phi) is 4.37. The lowest BCUT2D eigenvalue weighted by Gasteiger charge is -2.41. The van der Waals surface area contributed by atoms with Crippen molar-refractivity contribution in [2.45, 2.75) is 33.2 Å². The average Bonchev–Trinajstić information content (AvgIpc) is 3.03. The molecule has 1 saturated heterocycles. The van der Waals surface area contributed by atoms with E-state index in [0.717, 1.165) is 31.7 Å². The molecule has 1 aliphatic heterocycles. The number of benzene rings is 1. The molecule has 0 aliphatic carbocycles. The molecule has 0 saturated carbocycles. The normalized spacial score (nSPS) is 18.3. The topological polar surface area (TPSA) is 52.2 Å². The van der Waals surface area contributed by atoms with Gasteiger partial charge in [0.25, 0.3) is 5.91 Å². The summed E-state index contributed by atoms with van der Waals surface area (Å²) in [6.45, 7) is 8.74. The van der Waals surface area contributed by atoms with Gasteiger partial charge in [0.1, 0.15) is 0 Å². The summed E-state index contributed by atoms with van der Waals surface area (Å²) >= 11 is 0. The first-order valence-corrected chi connectivity index (χ1v) is 8.25. The van der Waals surface area contributed by atoms with E-state index in [9.17, 15) is 4.79 Å². The van der Waals surface area contributed by atoms with Gasteiger partial charge >= 0.3 is 0 Å². The monoisotopic (exact) mass is 312 g/mol. The minimum atomic E-state index is 0.0903. The van der Waals surface area contributed by atoms with E-state index < -0.39 is 0 Å². The maximum atomic E-state index is 12.8. The molecule has 2 heterocycles. The van der Waals surface area contributed by atoms with Gasteiger partial charge in [-0.05, 0) is 31.9 Å². The van der Waals surface area contributed by atoms with Crippen molar-refractivity contribution in [3.8, 4) is 0 Å². The van der Waals surface area contributed by atoms with Crippen LogP contribution >= 0.6 is 0 Å². The number of carbonyl (C=O) groups excluding carboxylic acids is 1. The van der Waals surface area contributed by atoms with Crippen molar-refractivity contribution >= 4 is 11.6 Å². The molecular formula is C18H24N4O. The van der Waals surface area contributed by atoms with E-state index in [0.29, 0.717) is 5.56 Å². The summed E-state index contributed by atoms with van der Waals surface area (Å²) in [5, 5.41) is 6.95. The SMILES string of the molecule is CCc1[nH]ncc1C(=O)N1CCN(c2ccccc2C)C[C@@H]1C. The van der Waals surface area contributed by atoms with Gasteiger partial charge in [-0.15, -0.1) is 0 Å². The maximum absolute atomic E-state index is 12.8. The molecule has 1 amide bonds. The highest BCUT2D eigenvalue weighted by Gasteiger charge is 2.30. The summed E-state index contributed by atoms with van der Waals surface area (Å²) in [5.74, 6) is 0.0903. The molecule has 1 aromatic heterocycles. The van der Waals surface area contributed by atoms with E-state index in [2.05, 4.69) is 53.2 Å². The van der Waals surface area contributed by atoms with Crippen LogP contribution in [0.2, 0.25) is 0 Å². The largest absolute Gasteiger partial charge is 0.367 e. The Morgan fingerprint density at radius 2 is 2.13 bits per heavy atom. The predicted molar refractivity (Wildman–Crippen MR) is 91.9 cm³/mol. The van der Waals surface area contributed by atoms with E-state index in [-0.39, 0.29) is 11.9 Å². The number of carbonyl (C=O) groups is 1. The van der Waals surface area contributed by atoms with Crippen molar-refractivity contribution < 1.29 is 4.79 Å². The van der Waals surface area contributed by atoms with Gasteiger partial charge in [-0.25, -0.2) is 0 Å². The molecule has 0 unspecified atom stereocenters. The minimum absolute atomic E-state index is 0.0903. The molecule has 2 aromatic rings. The van der Waals surface area contributed by atoms with Crippen LogP contribution in [0.4, 0.5) is 5.69 Å². The van der Waals surface area contributed by atoms with Crippen LogP contribution in [0.5, 0.6) is 0 Å². The van der Waals surface area contributed by atoms with Gasteiger partial charge in [-0.2, -0.15) is 5.10 Å². The number of aromatic nitrogens is 2. The van der Waals surface area contributed by atoms with Crippen molar-refractivity contribution in [3.63, 3.8) is 0 Å². The summed E-state index contributed by atoms with van der Waals surface area (Å²) in [4.78, 5) is 17.2. The molecule has 1 fully saturated rings. The van der Waals surface area contributed by atoms with E-state index in [1.54, 1.807) is 6.20 Å². The Balaban J connectivity index is 1.74. The Bertz CT molecular complexity index is 694. The Morgan fingerprint density at radius 1 is 1.35 bits per heavy atom. The third kappa shape index (κ3) is 2.96. The number of piperazine rings is 1. The maximum Gasteiger partial charge on any atom is 0.257 e. The third-order valence-corrected chi connectivity index (χ3v) is 4.65. The zero-order chi connectivity index (χ0) is 16.4. The Hall–Kier alpha value is -2.30. The second kappa shape index (κ2) is 6.44. The molecule has 1 aliphatic rings. The highest BCUT2D eigenvalue weighted by atomic mass is 16.2. The fraction of sp³-hybridized carbons (Fsp3) is 0.444. The van der Waals surface area contributed by atoms with Crippen LogP contribution < -0.4 is 4.90 Å². The van der Waals surface area contributed by atoms with Crippen molar-refractivity contribution in [1.82, 2.24) is 15.1 Å². The smallest absolute Gasteiger partial charge is 0.257 e. The fourth-order valence-corrected chi connectivity index (χ4v) is 3.32. The van der Waals surface area contributed by atoms with Gasteiger partial charge in [0.15, 0.2) is 0 Å². The van der Waals surface area contributed by atoms with Gasteiger partial charge in [-0.1, -0.05) is 25.1 Å². The van der Waals surface area contributed by atoms with Crippen LogP contribution in [-0.4, -0.2) is 46.7 Å². The molecule has 1 aromatic carbocycles. The van der Waals surface area contributed by atoms with Crippen LogP contribution in [0.3, 0.4) is 0 Å². The number of hydrogen-bond donors (Lipinski definition) is 1. The van der Waals surface area contributed by atoms with Gasteiger partial charge in [-0.3, -0.25) is 9.89 Å². The third-order valence-electron chi connectivity index (χ3n) is 4.65. The van der Waals surface area contributed by atoms with Crippen LogP contribution in [-0.2, 0) is 6.42 Å². The first-order valence-electron chi connectivity index (χ1n) is 8.25. The molecule has 0 radical (unpaired) electrons. The summed E-state index contributed by atoms with van der Waals surface area (Å²) in [6, 6.07) is 8.60. The van der Waals surface area contributed by atoms with Crippen LogP contribution in [0.1, 0.15) is 35.5 Å². The number of rotatable bonds is 3. The van der Waals surface area contributed by atoms with Crippen molar-refractivity contribution in [2.24, 2.45) is 0 Å². The second-order valence-corrected chi connectivity index (χ2v) is 6.20. The Morgan fingerprint density at radius 3 is 2.83 bits per heavy atom. The summed E-state index contributed by atoms with van der Waals surface area (Å²) in [5.41, 5.74) is 4.18. The summed E-state index contributed by atoms with van der Waals surface area (Å²) in [6.07, 6.45) is 2.44. The number of H-pyrrole nitrogens is 1. The number of aromatic amines is 1. The summed E-state index contributed by atoms with van der Waals surface area (Å²) in [7, 11) is 0. The van der Waals surface area contributed by atoms with E-state index in [1.807, 2.05) is 11.8 Å². The highest BCUT2D eigenvalue weighted by molar-refractivity contribution is 5.95. The molecule has 5 nitrogen and oxygen atoms in total. The molecule has 5 heteroatoms. The number of aryl methyl sites for hydroxylation is 2. The molecule has 0 spiro atoms. The standard InChI is InChI=1S/C18H24N4O/c1-4-16-15(11-19-20-16)18(23)22-10-9-21(12-14(22)3)17-8-6-5-7-13(17)2/h5-8,11,14H,4,9-10,12H2,1-3H3,(H,19,20)/t14-/m0/s1. The number of nitrogens with zero attached hydrogens (tertiary/aromatic N) is 3. The second-order valence-electron chi connectivity index (χ2n) is 6.20. The highest BCUT2D eigenvalue weighted by Crippen LogP contribution is 2.24. The molecular weight excluding hydrogens is 288 g/mol. The van der Waals surface area contributed by atoms with Gasteiger partial charge < -0.3 is 9.80 Å². The molecule has 0 bridgehead atoms.